The van der Waals surface area contributed by atoms with E-state index in [-0.39, 0.29) is 18.4 Å². The zero-order valence-electron chi connectivity index (χ0n) is 10.2. The molecule has 1 aromatic carbocycles. The van der Waals surface area contributed by atoms with Crippen LogP contribution in [-0.4, -0.2) is 43.5 Å². The van der Waals surface area contributed by atoms with Gasteiger partial charge in [-0.15, -0.1) is 0 Å². The van der Waals surface area contributed by atoms with Crippen molar-refractivity contribution in [3.63, 3.8) is 0 Å². The fourth-order valence-corrected chi connectivity index (χ4v) is 2.02. The predicted molar refractivity (Wildman–Crippen MR) is 67.2 cm³/mol. The van der Waals surface area contributed by atoms with Crippen LogP contribution >= 0.6 is 0 Å². The minimum absolute atomic E-state index is 0.110. The molecule has 18 heavy (non-hydrogen) atoms. The van der Waals surface area contributed by atoms with E-state index in [1.54, 1.807) is 18.2 Å². The molecular weight excluding hydrogens is 235 g/mol. The Morgan fingerprint density at radius 2 is 2.22 bits per heavy atom. The second-order valence-corrected chi connectivity index (χ2v) is 4.49. The Labute approximate surface area is 106 Å². The van der Waals surface area contributed by atoms with Crippen LogP contribution in [0.25, 0.3) is 0 Å². The van der Waals surface area contributed by atoms with Gasteiger partial charge in [-0.2, -0.15) is 0 Å². The van der Waals surface area contributed by atoms with Crippen LogP contribution in [0.4, 0.5) is 4.39 Å². The molecule has 5 heteroatoms. The van der Waals surface area contributed by atoms with E-state index >= 15 is 0 Å². The molecule has 0 aliphatic carbocycles. The van der Waals surface area contributed by atoms with Gasteiger partial charge in [0.15, 0.2) is 11.6 Å². The van der Waals surface area contributed by atoms with Gasteiger partial charge in [0.25, 0.3) is 0 Å². The average molecular weight is 254 g/mol. The largest absolute Gasteiger partial charge is 0.488 e. The summed E-state index contributed by atoms with van der Waals surface area (Å²) < 4.78 is 18.5. The number of halogens is 1. The van der Waals surface area contributed by atoms with Gasteiger partial charge in [0.05, 0.1) is 6.10 Å². The van der Waals surface area contributed by atoms with Gasteiger partial charge in [0.2, 0.25) is 0 Å². The van der Waals surface area contributed by atoms with Crippen LogP contribution in [0.5, 0.6) is 5.75 Å². The van der Waals surface area contributed by atoms with Gasteiger partial charge >= 0.3 is 0 Å². The molecule has 1 unspecified atom stereocenters. The van der Waals surface area contributed by atoms with E-state index in [0.717, 1.165) is 19.6 Å². The van der Waals surface area contributed by atoms with E-state index in [0.29, 0.717) is 6.42 Å². The van der Waals surface area contributed by atoms with E-state index in [2.05, 4.69) is 10.6 Å². The van der Waals surface area contributed by atoms with E-state index in [4.69, 9.17) is 4.74 Å². The first kappa shape index (κ1) is 13.3. The summed E-state index contributed by atoms with van der Waals surface area (Å²) in [7, 11) is 0. The zero-order chi connectivity index (χ0) is 12.8. The molecule has 1 fully saturated rings. The van der Waals surface area contributed by atoms with E-state index in [1.165, 1.54) is 6.07 Å². The molecule has 1 aromatic rings. The van der Waals surface area contributed by atoms with Crippen LogP contribution in [0.1, 0.15) is 6.42 Å². The molecule has 0 aromatic heterocycles. The maximum Gasteiger partial charge on any atom is 0.165 e. The molecule has 0 spiro atoms. The number of ether oxygens (including phenoxy) is 1. The van der Waals surface area contributed by atoms with Gasteiger partial charge in [-0.05, 0) is 18.6 Å². The number of nitrogens with one attached hydrogen (secondary N) is 2. The van der Waals surface area contributed by atoms with Gasteiger partial charge in [0, 0.05) is 25.7 Å². The Morgan fingerprint density at radius 1 is 1.39 bits per heavy atom. The zero-order valence-corrected chi connectivity index (χ0v) is 10.2. The number of piperazine rings is 1. The molecule has 0 saturated carbocycles. The van der Waals surface area contributed by atoms with E-state index < -0.39 is 11.9 Å². The predicted octanol–water partition coefficient (Wildman–Crippen LogP) is 0.517. The Bertz CT molecular complexity index is 370. The van der Waals surface area contributed by atoms with Gasteiger partial charge < -0.3 is 20.5 Å². The van der Waals surface area contributed by atoms with Crippen molar-refractivity contribution < 1.29 is 14.2 Å². The molecule has 100 valence electrons. The lowest BCUT2D eigenvalue weighted by Crippen LogP contribution is -2.49. The fourth-order valence-electron chi connectivity index (χ4n) is 2.02. The lowest BCUT2D eigenvalue weighted by molar-refractivity contribution is 0.0864. The van der Waals surface area contributed by atoms with Crippen molar-refractivity contribution >= 4 is 0 Å². The van der Waals surface area contributed by atoms with Gasteiger partial charge in [-0.3, -0.25) is 0 Å². The van der Waals surface area contributed by atoms with Crippen LogP contribution in [0.15, 0.2) is 24.3 Å². The second kappa shape index (κ2) is 6.68. The minimum atomic E-state index is -0.595. The first-order valence-corrected chi connectivity index (χ1v) is 6.25. The SMILES string of the molecule is O[C@@H](COc1ccccc1F)CC1CNCCN1. The summed E-state index contributed by atoms with van der Waals surface area (Å²) in [6.45, 7) is 2.82. The highest BCUT2D eigenvalue weighted by molar-refractivity contribution is 5.23. The standard InChI is InChI=1S/C13H19FN2O2/c14-12-3-1-2-4-13(12)18-9-11(17)7-10-8-15-5-6-16-10/h1-4,10-11,15-17H,5-9H2/t10?,11-/m1/s1. The average Bonchev–Trinajstić information content (AvgIpc) is 2.39. The molecule has 4 nitrogen and oxygen atoms in total. The van der Waals surface area contributed by atoms with Crippen LogP contribution in [0.3, 0.4) is 0 Å². The molecule has 1 aliphatic rings. The number of rotatable bonds is 5. The molecule has 1 heterocycles. The third-order valence-corrected chi connectivity index (χ3v) is 2.95. The van der Waals surface area contributed by atoms with Crippen molar-refractivity contribution in [2.75, 3.05) is 26.2 Å². The summed E-state index contributed by atoms with van der Waals surface area (Å²) in [5.41, 5.74) is 0. The molecule has 0 bridgehead atoms. The number of benzene rings is 1. The van der Waals surface area contributed by atoms with Crippen molar-refractivity contribution in [1.29, 1.82) is 0 Å². The van der Waals surface area contributed by atoms with Crippen LogP contribution < -0.4 is 15.4 Å². The molecule has 1 saturated heterocycles. The smallest absolute Gasteiger partial charge is 0.165 e. The summed E-state index contributed by atoms with van der Waals surface area (Å²) in [6.07, 6.45) is 0.00330. The van der Waals surface area contributed by atoms with Crippen molar-refractivity contribution in [3.05, 3.63) is 30.1 Å². The summed E-state index contributed by atoms with van der Waals surface area (Å²) in [4.78, 5) is 0. The third-order valence-electron chi connectivity index (χ3n) is 2.95. The number of aliphatic hydroxyl groups excluding tert-OH is 1. The first-order valence-electron chi connectivity index (χ1n) is 6.25. The monoisotopic (exact) mass is 254 g/mol. The van der Waals surface area contributed by atoms with Crippen LogP contribution in [0, 0.1) is 5.82 Å². The Balaban J connectivity index is 1.74. The third kappa shape index (κ3) is 3.94. The Morgan fingerprint density at radius 3 is 2.94 bits per heavy atom. The summed E-state index contributed by atoms with van der Waals surface area (Å²) in [5, 5.41) is 16.4. The van der Waals surface area contributed by atoms with Crippen molar-refractivity contribution in [2.45, 2.75) is 18.6 Å². The Kier molecular flexibility index (Phi) is 4.92. The van der Waals surface area contributed by atoms with Crippen molar-refractivity contribution in [2.24, 2.45) is 0 Å². The van der Waals surface area contributed by atoms with Crippen molar-refractivity contribution in [3.8, 4) is 5.75 Å². The molecule has 0 amide bonds. The van der Waals surface area contributed by atoms with Crippen molar-refractivity contribution in [1.82, 2.24) is 10.6 Å². The minimum Gasteiger partial charge on any atom is -0.488 e. The molecule has 2 atom stereocenters. The number of hydrogen-bond donors (Lipinski definition) is 3. The lowest BCUT2D eigenvalue weighted by Gasteiger charge is -2.26. The van der Waals surface area contributed by atoms with Gasteiger partial charge in [-0.1, -0.05) is 12.1 Å². The lowest BCUT2D eigenvalue weighted by atomic mass is 10.1. The highest BCUT2D eigenvalue weighted by Gasteiger charge is 2.17. The maximum atomic E-state index is 13.3. The molecule has 1 aliphatic heterocycles. The first-order chi connectivity index (χ1) is 8.75. The Hall–Kier alpha value is -1.17. The normalized spacial score (nSPS) is 21.6. The van der Waals surface area contributed by atoms with Gasteiger partial charge in [0.1, 0.15) is 6.61 Å². The van der Waals surface area contributed by atoms with Crippen LogP contribution in [-0.2, 0) is 0 Å². The van der Waals surface area contributed by atoms with E-state index in [1.807, 2.05) is 0 Å². The topological polar surface area (TPSA) is 53.5 Å². The number of aliphatic hydroxyl groups is 1. The van der Waals surface area contributed by atoms with Gasteiger partial charge in [-0.25, -0.2) is 4.39 Å². The molecule has 3 N–H and O–H groups in total. The molecule has 0 radical (unpaired) electrons. The molecule has 2 rings (SSSR count). The summed E-state index contributed by atoms with van der Waals surface area (Å²) in [6, 6.07) is 6.46. The van der Waals surface area contributed by atoms with E-state index in [9.17, 15) is 9.50 Å². The highest BCUT2D eigenvalue weighted by Crippen LogP contribution is 2.15. The number of para-hydroxylation sites is 1. The quantitative estimate of drug-likeness (QED) is 0.717. The highest BCUT2D eigenvalue weighted by atomic mass is 19.1. The summed E-state index contributed by atoms with van der Waals surface area (Å²) >= 11 is 0. The molecular formula is C13H19FN2O2. The summed E-state index contributed by atoms with van der Waals surface area (Å²) in [5.74, 6) is -0.214. The van der Waals surface area contributed by atoms with Crippen LogP contribution in [0.2, 0.25) is 0 Å². The fraction of sp³-hybridized carbons (Fsp3) is 0.538. The second-order valence-electron chi connectivity index (χ2n) is 4.49. The maximum absolute atomic E-state index is 13.3. The number of hydrogen-bond acceptors (Lipinski definition) is 4.